The van der Waals surface area contributed by atoms with E-state index >= 15 is 0 Å². The van der Waals surface area contributed by atoms with E-state index < -0.39 is 0 Å². The first-order chi connectivity index (χ1) is 11.5. The molecule has 0 bridgehead atoms. The quantitative estimate of drug-likeness (QED) is 0.854. The number of aryl methyl sites for hydroxylation is 2. The molecule has 5 nitrogen and oxygen atoms in total. The van der Waals surface area contributed by atoms with Gasteiger partial charge >= 0.3 is 0 Å². The van der Waals surface area contributed by atoms with Crippen molar-refractivity contribution in [3.8, 4) is 0 Å². The van der Waals surface area contributed by atoms with Crippen LogP contribution < -0.4 is 5.32 Å². The molecule has 1 aliphatic rings. The molecule has 2 heterocycles. The van der Waals surface area contributed by atoms with Gasteiger partial charge in [-0.3, -0.25) is 4.79 Å². The fourth-order valence-electron chi connectivity index (χ4n) is 2.91. The number of carbonyl (C=O) groups is 1. The van der Waals surface area contributed by atoms with Crippen LogP contribution in [0.25, 0.3) is 0 Å². The second kappa shape index (κ2) is 7.30. The van der Waals surface area contributed by atoms with Crippen LogP contribution in [0, 0.1) is 13.8 Å². The lowest BCUT2D eigenvalue weighted by atomic mass is 10.1. The van der Waals surface area contributed by atoms with E-state index in [1.54, 1.807) is 6.07 Å². The second-order valence-electron chi connectivity index (χ2n) is 6.12. The molecule has 1 amide bonds. The summed E-state index contributed by atoms with van der Waals surface area (Å²) < 4.78 is 1.03. The maximum atomic E-state index is 12.7. The number of carbonyl (C=O) groups excluding carboxylic acids is 1. The Hall–Kier alpha value is -1.95. The minimum atomic E-state index is -0.00391. The Bertz CT molecular complexity index is 757. The third kappa shape index (κ3) is 3.93. The molecule has 1 N–H and O–H groups in total. The van der Waals surface area contributed by atoms with Crippen molar-refractivity contribution < 1.29 is 4.79 Å². The fraction of sp³-hybridized carbons (Fsp3) is 0.389. The number of nitrogens with zero attached hydrogens (tertiary/aromatic N) is 3. The molecule has 0 unspecified atom stereocenters. The number of nitrogens with one attached hydrogen (secondary N) is 1. The Morgan fingerprint density at radius 2 is 1.88 bits per heavy atom. The van der Waals surface area contributed by atoms with Gasteiger partial charge in [0.2, 0.25) is 0 Å². The van der Waals surface area contributed by atoms with E-state index in [1.807, 2.05) is 36.9 Å². The van der Waals surface area contributed by atoms with Gasteiger partial charge in [0.15, 0.2) is 0 Å². The molecular weight excluding hydrogens is 368 g/mol. The van der Waals surface area contributed by atoms with E-state index in [1.165, 1.54) is 6.42 Å². The topological polar surface area (TPSA) is 58.1 Å². The molecule has 0 atom stereocenters. The Morgan fingerprint density at radius 1 is 1.12 bits per heavy atom. The third-order valence-corrected chi connectivity index (χ3v) is 4.64. The monoisotopic (exact) mass is 388 g/mol. The molecule has 2 aromatic rings. The van der Waals surface area contributed by atoms with Gasteiger partial charge in [0.05, 0.1) is 0 Å². The Balaban J connectivity index is 1.84. The second-order valence-corrected chi connectivity index (χ2v) is 7.04. The van der Waals surface area contributed by atoms with Crippen molar-refractivity contribution in [1.29, 1.82) is 0 Å². The van der Waals surface area contributed by atoms with Crippen LogP contribution in [0.2, 0.25) is 0 Å². The van der Waals surface area contributed by atoms with Gasteiger partial charge in [-0.15, -0.1) is 0 Å². The molecule has 0 aliphatic carbocycles. The number of rotatable bonds is 3. The number of hydrogen-bond donors (Lipinski definition) is 1. The lowest BCUT2D eigenvalue weighted by molar-refractivity contribution is 0.0718. The molecule has 1 aliphatic heterocycles. The molecule has 0 radical (unpaired) electrons. The average molecular weight is 389 g/mol. The predicted octanol–water partition coefficient (Wildman–Crippen LogP) is 4.23. The van der Waals surface area contributed by atoms with Crippen LogP contribution in [0.3, 0.4) is 0 Å². The van der Waals surface area contributed by atoms with Crippen LogP contribution >= 0.6 is 15.9 Å². The number of benzene rings is 1. The van der Waals surface area contributed by atoms with Crippen molar-refractivity contribution in [3.63, 3.8) is 0 Å². The van der Waals surface area contributed by atoms with Gasteiger partial charge in [-0.25, -0.2) is 9.97 Å². The van der Waals surface area contributed by atoms with Gasteiger partial charge in [0.1, 0.15) is 17.3 Å². The van der Waals surface area contributed by atoms with E-state index in [0.717, 1.165) is 41.7 Å². The summed E-state index contributed by atoms with van der Waals surface area (Å²) in [4.78, 5) is 23.3. The molecule has 1 saturated heterocycles. The molecule has 1 fully saturated rings. The zero-order valence-electron chi connectivity index (χ0n) is 14.0. The SMILES string of the molecule is Cc1nc(Nc2ccc(Br)cc2C)cc(C(=O)N2CCCCC2)n1. The maximum absolute atomic E-state index is 12.7. The summed E-state index contributed by atoms with van der Waals surface area (Å²) >= 11 is 3.46. The molecule has 1 aromatic heterocycles. The molecule has 6 heteroatoms. The van der Waals surface area contributed by atoms with Crippen molar-refractivity contribution >= 4 is 33.3 Å². The minimum absolute atomic E-state index is 0.00391. The van der Waals surface area contributed by atoms with Gasteiger partial charge in [-0.05, 0) is 56.9 Å². The van der Waals surface area contributed by atoms with Crippen LogP contribution in [0.15, 0.2) is 28.7 Å². The van der Waals surface area contributed by atoms with Gasteiger partial charge < -0.3 is 10.2 Å². The van der Waals surface area contributed by atoms with Crippen LogP contribution in [-0.2, 0) is 0 Å². The molecular formula is C18H21BrN4O. The highest BCUT2D eigenvalue weighted by Gasteiger charge is 2.20. The van der Waals surface area contributed by atoms with Crippen LogP contribution in [0.5, 0.6) is 0 Å². The first-order valence-corrected chi connectivity index (χ1v) is 9.00. The third-order valence-electron chi connectivity index (χ3n) is 4.15. The lowest BCUT2D eigenvalue weighted by Gasteiger charge is -2.26. The van der Waals surface area contributed by atoms with E-state index in [9.17, 15) is 4.79 Å². The first-order valence-electron chi connectivity index (χ1n) is 8.21. The van der Waals surface area contributed by atoms with Crippen molar-refractivity contribution in [2.24, 2.45) is 0 Å². The van der Waals surface area contributed by atoms with Gasteiger partial charge in [0, 0.05) is 29.3 Å². The number of halogens is 1. The Labute approximate surface area is 150 Å². The molecule has 0 spiro atoms. The lowest BCUT2D eigenvalue weighted by Crippen LogP contribution is -2.36. The largest absolute Gasteiger partial charge is 0.340 e. The molecule has 1 aromatic carbocycles. The smallest absolute Gasteiger partial charge is 0.272 e. The summed E-state index contributed by atoms with van der Waals surface area (Å²) in [5, 5.41) is 3.30. The number of anilines is 2. The van der Waals surface area contributed by atoms with Crippen molar-refractivity contribution in [2.75, 3.05) is 18.4 Å². The normalized spacial score (nSPS) is 14.5. The van der Waals surface area contributed by atoms with Crippen LogP contribution in [0.1, 0.15) is 41.1 Å². The number of piperidine rings is 1. The number of amides is 1. The Kier molecular flexibility index (Phi) is 5.14. The number of likely N-dealkylation sites (tertiary alicyclic amines) is 1. The van der Waals surface area contributed by atoms with E-state index in [-0.39, 0.29) is 5.91 Å². The maximum Gasteiger partial charge on any atom is 0.272 e. The van der Waals surface area contributed by atoms with Gasteiger partial charge in [-0.2, -0.15) is 0 Å². The van der Waals surface area contributed by atoms with Crippen LogP contribution in [0.4, 0.5) is 11.5 Å². The predicted molar refractivity (Wildman–Crippen MR) is 98.7 cm³/mol. The highest BCUT2D eigenvalue weighted by Crippen LogP contribution is 2.23. The highest BCUT2D eigenvalue weighted by atomic mass is 79.9. The van der Waals surface area contributed by atoms with Crippen molar-refractivity contribution in [2.45, 2.75) is 33.1 Å². The minimum Gasteiger partial charge on any atom is -0.340 e. The zero-order valence-corrected chi connectivity index (χ0v) is 15.6. The van der Waals surface area contributed by atoms with E-state index in [2.05, 4.69) is 31.2 Å². The summed E-state index contributed by atoms with van der Waals surface area (Å²) in [6, 6.07) is 7.74. The summed E-state index contributed by atoms with van der Waals surface area (Å²) in [6.45, 7) is 5.47. The molecule has 3 rings (SSSR count). The van der Waals surface area contributed by atoms with Gasteiger partial charge in [0.25, 0.3) is 5.91 Å². The molecule has 0 saturated carbocycles. The number of aromatic nitrogens is 2. The summed E-state index contributed by atoms with van der Waals surface area (Å²) in [5.74, 6) is 1.24. The Morgan fingerprint density at radius 3 is 2.58 bits per heavy atom. The highest BCUT2D eigenvalue weighted by molar-refractivity contribution is 9.10. The van der Waals surface area contributed by atoms with Crippen molar-refractivity contribution in [1.82, 2.24) is 14.9 Å². The van der Waals surface area contributed by atoms with Crippen LogP contribution in [-0.4, -0.2) is 33.9 Å². The first kappa shape index (κ1) is 16.9. The van der Waals surface area contributed by atoms with E-state index in [4.69, 9.17) is 0 Å². The zero-order chi connectivity index (χ0) is 17.1. The molecule has 126 valence electrons. The van der Waals surface area contributed by atoms with E-state index in [0.29, 0.717) is 17.3 Å². The molecule has 24 heavy (non-hydrogen) atoms. The standard InChI is InChI=1S/C18H21BrN4O/c1-12-10-14(19)6-7-15(12)22-17-11-16(20-13(2)21-17)18(24)23-8-4-3-5-9-23/h6-7,10-11H,3-5,8-9H2,1-2H3,(H,20,21,22). The number of hydrogen-bond acceptors (Lipinski definition) is 4. The average Bonchev–Trinajstić information content (AvgIpc) is 2.57. The summed E-state index contributed by atoms with van der Waals surface area (Å²) in [6.07, 6.45) is 3.33. The fourth-order valence-corrected chi connectivity index (χ4v) is 3.38. The van der Waals surface area contributed by atoms with Gasteiger partial charge in [-0.1, -0.05) is 15.9 Å². The summed E-state index contributed by atoms with van der Waals surface area (Å²) in [5.41, 5.74) is 2.53. The van der Waals surface area contributed by atoms with Crippen molar-refractivity contribution in [3.05, 3.63) is 45.8 Å². The summed E-state index contributed by atoms with van der Waals surface area (Å²) in [7, 11) is 0.